The van der Waals surface area contributed by atoms with Crippen LogP contribution in [-0.4, -0.2) is 13.1 Å². The third-order valence-electron chi connectivity index (χ3n) is 4.22. The topological polar surface area (TPSA) is 38.0 Å². The number of hydrogen-bond acceptors (Lipinski definition) is 2. The molecule has 2 aromatic carbocycles. The summed E-state index contributed by atoms with van der Waals surface area (Å²) in [4.78, 5) is 0. The van der Waals surface area contributed by atoms with Crippen molar-refractivity contribution in [1.29, 1.82) is 0 Å². The Morgan fingerprint density at radius 3 is 2.35 bits per heavy atom. The number of nitrogens with two attached hydrogens (primary N) is 1. The van der Waals surface area contributed by atoms with Gasteiger partial charge in [-0.05, 0) is 34.9 Å². The van der Waals surface area contributed by atoms with Crippen molar-refractivity contribution in [3.05, 3.63) is 48.0 Å². The fourth-order valence-corrected chi connectivity index (χ4v) is 2.65. The third-order valence-corrected chi connectivity index (χ3v) is 4.22. The molecule has 0 aliphatic carbocycles. The molecule has 0 radical (unpaired) electrons. The van der Waals surface area contributed by atoms with Crippen molar-refractivity contribution < 1.29 is 0 Å². The van der Waals surface area contributed by atoms with Crippen LogP contribution in [0, 0.1) is 5.92 Å². The van der Waals surface area contributed by atoms with E-state index >= 15 is 0 Å². The molecule has 2 nitrogen and oxygen atoms in total. The predicted molar refractivity (Wildman–Crippen MR) is 87.8 cm³/mol. The van der Waals surface area contributed by atoms with Gasteiger partial charge in [-0.25, -0.2) is 0 Å². The molecule has 2 aromatic rings. The van der Waals surface area contributed by atoms with Crippen LogP contribution in [0.25, 0.3) is 10.8 Å². The zero-order valence-corrected chi connectivity index (χ0v) is 12.6. The zero-order chi connectivity index (χ0) is 14.4. The largest absolute Gasteiger partial charge is 0.329 e. The van der Waals surface area contributed by atoms with Gasteiger partial charge in [-0.3, -0.25) is 0 Å². The first-order valence-corrected chi connectivity index (χ1v) is 7.70. The minimum absolute atomic E-state index is 0.250. The highest BCUT2D eigenvalue weighted by atomic mass is 14.9. The molecule has 0 heterocycles. The maximum absolute atomic E-state index is 5.96. The van der Waals surface area contributed by atoms with E-state index in [1.807, 2.05) is 0 Å². The van der Waals surface area contributed by atoms with Gasteiger partial charge in [-0.2, -0.15) is 0 Å². The smallest absolute Gasteiger partial charge is 0.0444 e. The molecule has 0 spiro atoms. The summed E-state index contributed by atoms with van der Waals surface area (Å²) in [6.07, 6.45) is 2.44. The van der Waals surface area contributed by atoms with Crippen molar-refractivity contribution in [2.75, 3.05) is 13.1 Å². The van der Waals surface area contributed by atoms with Gasteiger partial charge in [0.25, 0.3) is 0 Å². The van der Waals surface area contributed by atoms with E-state index in [0.717, 1.165) is 12.5 Å². The van der Waals surface area contributed by atoms with Crippen molar-refractivity contribution in [3.8, 4) is 0 Å². The van der Waals surface area contributed by atoms with E-state index in [1.54, 1.807) is 0 Å². The highest BCUT2D eigenvalue weighted by Gasteiger charge is 2.11. The van der Waals surface area contributed by atoms with Gasteiger partial charge in [0.2, 0.25) is 0 Å². The Balaban J connectivity index is 2.12. The van der Waals surface area contributed by atoms with Crippen LogP contribution in [0.4, 0.5) is 0 Å². The van der Waals surface area contributed by atoms with E-state index in [4.69, 9.17) is 5.73 Å². The van der Waals surface area contributed by atoms with E-state index in [0.29, 0.717) is 6.54 Å². The Hall–Kier alpha value is -1.38. The monoisotopic (exact) mass is 270 g/mol. The first-order valence-electron chi connectivity index (χ1n) is 7.70. The molecule has 0 fully saturated rings. The lowest BCUT2D eigenvalue weighted by Crippen LogP contribution is -2.32. The van der Waals surface area contributed by atoms with E-state index < -0.39 is 0 Å². The van der Waals surface area contributed by atoms with Crippen LogP contribution < -0.4 is 11.1 Å². The second-order valence-electron chi connectivity index (χ2n) is 5.49. The van der Waals surface area contributed by atoms with Gasteiger partial charge in [0, 0.05) is 12.6 Å². The van der Waals surface area contributed by atoms with Crippen LogP contribution in [0.2, 0.25) is 0 Å². The summed E-state index contributed by atoms with van der Waals surface area (Å²) >= 11 is 0. The zero-order valence-electron chi connectivity index (χ0n) is 12.6. The van der Waals surface area contributed by atoms with Crippen LogP contribution in [0.1, 0.15) is 38.3 Å². The van der Waals surface area contributed by atoms with Gasteiger partial charge in [-0.15, -0.1) is 0 Å². The van der Waals surface area contributed by atoms with Crippen molar-refractivity contribution >= 4 is 10.8 Å². The molecule has 0 aliphatic rings. The molecule has 0 saturated carbocycles. The van der Waals surface area contributed by atoms with E-state index in [1.165, 1.54) is 29.2 Å². The second-order valence-corrected chi connectivity index (χ2v) is 5.49. The standard InChI is InChI=1S/C18H26N2/c1-3-14(4-2)13-20-18(12-19)17-10-9-15-7-5-6-8-16(15)11-17/h5-11,14,18,20H,3-4,12-13,19H2,1-2H3. The highest BCUT2D eigenvalue weighted by molar-refractivity contribution is 5.83. The minimum atomic E-state index is 0.250. The SMILES string of the molecule is CCC(CC)CNC(CN)c1ccc2ccccc2c1. The Labute approximate surface area is 122 Å². The van der Waals surface area contributed by atoms with Gasteiger partial charge in [-0.1, -0.05) is 63.1 Å². The molecule has 1 unspecified atom stereocenters. The van der Waals surface area contributed by atoms with E-state index in [9.17, 15) is 0 Å². The summed E-state index contributed by atoms with van der Waals surface area (Å²) in [6, 6.07) is 15.4. The Bertz CT molecular complexity index is 532. The Morgan fingerprint density at radius 2 is 1.70 bits per heavy atom. The average molecular weight is 270 g/mol. The van der Waals surface area contributed by atoms with E-state index in [2.05, 4.69) is 61.6 Å². The molecular weight excluding hydrogens is 244 g/mol. The average Bonchev–Trinajstić information content (AvgIpc) is 2.51. The van der Waals surface area contributed by atoms with Gasteiger partial charge in [0.05, 0.1) is 0 Å². The van der Waals surface area contributed by atoms with Crippen molar-refractivity contribution in [3.63, 3.8) is 0 Å². The van der Waals surface area contributed by atoms with Crippen LogP contribution in [0.15, 0.2) is 42.5 Å². The first kappa shape index (κ1) is 15.0. The maximum atomic E-state index is 5.96. The summed E-state index contributed by atoms with van der Waals surface area (Å²) in [5, 5.41) is 6.20. The van der Waals surface area contributed by atoms with Gasteiger partial charge in [0.1, 0.15) is 0 Å². The molecule has 0 aliphatic heterocycles. The van der Waals surface area contributed by atoms with Gasteiger partial charge < -0.3 is 11.1 Å². The summed E-state index contributed by atoms with van der Waals surface area (Å²) in [7, 11) is 0. The van der Waals surface area contributed by atoms with E-state index in [-0.39, 0.29) is 6.04 Å². The highest BCUT2D eigenvalue weighted by Crippen LogP contribution is 2.20. The van der Waals surface area contributed by atoms with Crippen LogP contribution in [0.5, 0.6) is 0 Å². The van der Waals surface area contributed by atoms with Crippen molar-refractivity contribution in [1.82, 2.24) is 5.32 Å². The lowest BCUT2D eigenvalue weighted by atomic mass is 9.99. The molecule has 2 rings (SSSR count). The number of fused-ring (bicyclic) bond motifs is 1. The molecule has 1 atom stereocenters. The van der Waals surface area contributed by atoms with Crippen molar-refractivity contribution in [2.24, 2.45) is 11.7 Å². The molecule has 20 heavy (non-hydrogen) atoms. The lowest BCUT2D eigenvalue weighted by molar-refractivity contribution is 0.414. The predicted octanol–water partition coefficient (Wildman–Crippen LogP) is 3.87. The summed E-state index contributed by atoms with van der Waals surface area (Å²) in [5.74, 6) is 0.740. The fraction of sp³-hybridized carbons (Fsp3) is 0.444. The van der Waals surface area contributed by atoms with Crippen LogP contribution >= 0.6 is 0 Å². The second kappa shape index (κ2) is 7.41. The first-order chi connectivity index (χ1) is 9.78. The summed E-state index contributed by atoms with van der Waals surface area (Å²) in [5.41, 5.74) is 7.24. The quantitative estimate of drug-likeness (QED) is 0.801. The van der Waals surface area contributed by atoms with Gasteiger partial charge >= 0.3 is 0 Å². The number of nitrogens with one attached hydrogen (secondary N) is 1. The normalized spacial score (nSPS) is 13.0. The third kappa shape index (κ3) is 3.59. The molecule has 2 heteroatoms. The molecule has 0 amide bonds. The van der Waals surface area contributed by atoms with Crippen molar-refractivity contribution in [2.45, 2.75) is 32.7 Å². The lowest BCUT2D eigenvalue weighted by Gasteiger charge is -2.21. The molecule has 108 valence electrons. The molecule has 0 bridgehead atoms. The molecular formula is C18H26N2. The van der Waals surface area contributed by atoms with Crippen LogP contribution in [-0.2, 0) is 0 Å². The number of benzene rings is 2. The molecule has 3 N–H and O–H groups in total. The summed E-state index contributed by atoms with van der Waals surface area (Å²) in [6.45, 7) is 6.19. The fourth-order valence-electron chi connectivity index (χ4n) is 2.65. The molecule has 0 aromatic heterocycles. The number of rotatable bonds is 7. The van der Waals surface area contributed by atoms with Gasteiger partial charge in [0.15, 0.2) is 0 Å². The molecule has 0 saturated heterocycles. The maximum Gasteiger partial charge on any atom is 0.0444 e. The minimum Gasteiger partial charge on any atom is -0.329 e. The Kier molecular flexibility index (Phi) is 5.57. The summed E-state index contributed by atoms with van der Waals surface area (Å²) < 4.78 is 0. The number of hydrogen-bond donors (Lipinski definition) is 2. The van der Waals surface area contributed by atoms with Crippen LogP contribution in [0.3, 0.4) is 0 Å². The Morgan fingerprint density at radius 1 is 1.00 bits per heavy atom.